The predicted octanol–water partition coefficient (Wildman–Crippen LogP) is 6.97. The number of carbonyl (C=O) groups is 1. The number of rotatable bonds is 11. The number of halogens is 1. The minimum absolute atomic E-state index is 0.00770. The molecule has 3 aromatic carbocycles. The van der Waals surface area contributed by atoms with Gasteiger partial charge in [-0.1, -0.05) is 48.5 Å². The second-order valence-electron chi connectivity index (χ2n) is 11.4. The number of aromatic nitrogens is 2. The number of nitrogens with one attached hydrogen (secondary N) is 1. The van der Waals surface area contributed by atoms with E-state index in [-0.39, 0.29) is 36.6 Å². The monoisotopic (exact) mass is 545 g/mol. The Hall–Kier alpha value is -3.29. The molecule has 40 heavy (non-hydrogen) atoms. The summed E-state index contributed by atoms with van der Waals surface area (Å²) in [7, 11) is 2.04. The first-order valence-electron chi connectivity index (χ1n) is 14.4. The Labute approximate surface area is 235 Å². The maximum Gasteiger partial charge on any atom is 0.332 e. The van der Waals surface area contributed by atoms with E-state index in [0.717, 1.165) is 52.6 Å². The number of benzene rings is 3. The third-order valence-electron chi connectivity index (χ3n) is 7.94. The van der Waals surface area contributed by atoms with Crippen molar-refractivity contribution in [2.24, 2.45) is 5.92 Å². The van der Waals surface area contributed by atoms with Gasteiger partial charge >= 0.3 is 5.97 Å². The lowest BCUT2D eigenvalue weighted by molar-refractivity contribution is -0.155. The summed E-state index contributed by atoms with van der Waals surface area (Å²) >= 11 is 0. The summed E-state index contributed by atoms with van der Waals surface area (Å²) in [6.07, 6.45) is 1.63. The molecule has 2 unspecified atom stereocenters. The van der Waals surface area contributed by atoms with Crippen molar-refractivity contribution in [3.05, 3.63) is 78.1 Å². The Morgan fingerprint density at radius 2 is 1.85 bits per heavy atom. The molecular weight excluding hydrogens is 505 g/mol. The van der Waals surface area contributed by atoms with Gasteiger partial charge in [-0.2, -0.15) is 0 Å². The maximum absolute atomic E-state index is 15.4. The average Bonchev–Trinajstić information content (AvgIpc) is 3.38. The molecule has 5 rings (SSSR count). The summed E-state index contributed by atoms with van der Waals surface area (Å²) in [5, 5.41) is 2.29. The fourth-order valence-corrected chi connectivity index (χ4v) is 5.85. The summed E-state index contributed by atoms with van der Waals surface area (Å²) in [5.41, 5.74) is 2.98. The number of H-pyrrole nitrogens is 1. The van der Waals surface area contributed by atoms with Crippen LogP contribution in [-0.2, 0) is 14.3 Å². The highest BCUT2D eigenvalue weighted by molar-refractivity contribution is 5.83. The van der Waals surface area contributed by atoms with Crippen LogP contribution in [0.3, 0.4) is 0 Å². The number of nitrogens with zero attached hydrogens (tertiary/aromatic N) is 2. The lowest BCUT2D eigenvalue weighted by Gasteiger charge is -2.33. The van der Waals surface area contributed by atoms with E-state index in [9.17, 15) is 4.79 Å². The molecule has 1 heterocycles. The van der Waals surface area contributed by atoms with Gasteiger partial charge in [0, 0.05) is 24.9 Å². The number of fused-ring (bicyclic) bond motifs is 2. The third kappa shape index (κ3) is 7.07. The summed E-state index contributed by atoms with van der Waals surface area (Å²) < 4.78 is 26.8. The predicted molar refractivity (Wildman–Crippen MR) is 157 cm³/mol. The number of aromatic amines is 1. The van der Waals surface area contributed by atoms with E-state index in [1.807, 2.05) is 57.3 Å². The molecule has 0 aliphatic heterocycles. The summed E-state index contributed by atoms with van der Waals surface area (Å²) in [5.74, 6) is 0.657. The molecule has 0 radical (unpaired) electrons. The van der Waals surface area contributed by atoms with Crippen LogP contribution in [-0.4, -0.2) is 59.9 Å². The topological polar surface area (TPSA) is 67.5 Å². The van der Waals surface area contributed by atoms with E-state index >= 15 is 4.39 Å². The van der Waals surface area contributed by atoms with Crippen LogP contribution < -0.4 is 0 Å². The van der Waals surface area contributed by atoms with Gasteiger partial charge in [0.25, 0.3) is 0 Å². The lowest BCUT2D eigenvalue weighted by Crippen LogP contribution is -2.36. The maximum atomic E-state index is 15.4. The van der Waals surface area contributed by atoms with Crippen LogP contribution in [0.5, 0.6) is 0 Å². The highest BCUT2D eigenvalue weighted by Crippen LogP contribution is 2.37. The summed E-state index contributed by atoms with van der Waals surface area (Å²) in [6, 6.07) is 22.5. The molecular formula is C33H40FN3O3. The van der Waals surface area contributed by atoms with Crippen molar-refractivity contribution < 1.29 is 18.7 Å². The molecule has 212 valence electrons. The van der Waals surface area contributed by atoms with Gasteiger partial charge in [-0.05, 0) is 81.1 Å². The molecule has 1 aliphatic carbocycles. The van der Waals surface area contributed by atoms with Crippen LogP contribution in [0.15, 0.2) is 66.7 Å². The summed E-state index contributed by atoms with van der Waals surface area (Å²) in [4.78, 5) is 22.5. The van der Waals surface area contributed by atoms with Gasteiger partial charge in [-0.3, -0.25) is 0 Å². The average molecular weight is 546 g/mol. The molecule has 0 spiro atoms. The van der Waals surface area contributed by atoms with E-state index in [4.69, 9.17) is 14.5 Å². The van der Waals surface area contributed by atoms with Crippen molar-refractivity contribution in [3.8, 4) is 0 Å². The molecule has 0 amide bonds. The van der Waals surface area contributed by atoms with E-state index < -0.39 is 6.17 Å². The van der Waals surface area contributed by atoms with Crippen molar-refractivity contribution in [3.63, 3.8) is 0 Å². The summed E-state index contributed by atoms with van der Waals surface area (Å²) in [6.45, 7) is 4.98. The van der Waals surface area contributed by atoms with E-state index in [1.54, 1.807) is 0 Å². The first-order chi connectivity index (χ1) is 19.4. The van der Waals surface area contributed by atoms with Crippen LogP contribution >= 0.6 is 0 Å². The number of carbonyl (C=O) groups excluding carboxylic acids is 1. The van der Waals surface area contributed by atoms with Crippen LogP contribution in [0.1, 0.15) is 62.9 Å². The molecule has 1 aliphatic rings. The number of alkyl halides is 1. The Morgan fingerprint density at radius 1 is 1.07 bits per heavy atom. The van der Waals surface area contributed by atoms with Crippen molar-refractivity contribution >= 4 is 27.8 Å². The highest BCUT2D eigenvalue weighted by atomic mass is 19.1. The highest BCUT2D eigenvalue weighted by Gasteiger charge is 2.33. The van der Waals surface area contributed by atoms with E-state index in [1.165, 1.54) is 0 Å². The fourth-order valence-electron chi connectivity index (χ4n) is 5.85. The van der Waals surface area contributed by atoms with Crippen LogP contribution in [0, 0.1) is 5.92 Å². The van der Waals surface area contributed by atoms with Crippen molar-refractivity contribution in [1.82, 2.24) is 14.9 Å². The van der Waals surface area contributed by atoms with Crippen LogP contribution in [0.25, 0.3) is 21.8 Å². The number of hydrogen-bond donors (Lipinski definition) is 1. The van der Waals surface area contributed by atoms with Gasteiger partial charge in [0.1, 0.15) is 18.6 Å². The zero-order valence-electron chi connectivity index (χ0n) is 23.7. The second-order valence-corrected chi connectivity index (χ2v) is 11.4. The Balaban J connectivity index is 1.18. The molecule has 1 N–H and O–H groups in total. The van der Waals surface area contributed by atoms with Gasteiger partial charge in [0.2, 0.25) is 0 Å². The molecule has 6 nitrogen and oxygen atoms in total. The zero-order chi connectivity index (χ0) is 28.1. The largest absolute Gasteiger partial charge is 0.461 e. The number of para-hydroxylation sites is 2. The molecule has 0 bridgehead atoms. The molecule has 1 fully saturated rings. The van der Waals surface area contributed by atoms with Crippen molar-refractivity contribution in [1.29, 1.82) is 0 Å². The van der Waals surface area contributed by atoms with E-state index in [0.29, 0.717) is 19.4 Å². The molecule has 7 heteroatoms. The Kier molecular flexibility index (Phi) is 9.12. The molecule has 1 aromatic heterocycles. The quantitative estimate of drug-likeness (QED) is 0.206. The number of ether oxygens (including phenoxy) is 2. The Morgan fingerprint density at radius 3 is 2.62 bits per heavy atom. The standard InChI is InChI=1S/C33H40FN3O3/c1-22(2)40-32(38)21-39-31(25-13-12-23-8-4-5-9-24(23)18-25)16-17-37(3)20-27-15-14-26(19-28(27)34)33-35-29-10-6-7-11-30(29)36-33/h4-13,18,22,26-28,31H,14-17,19-21H2,1-3H3,(H,35,36)/t26-,27-,28?,31?/m0/s1. The smallest absolute Gasteiger partial charge is 0.332 e. The van der Waals surface area contributed by atoms with E-state index in [2.05, 4.69) is 40.2 Å². The minimum Gasteiger partial charge on any atom is -0.461 e. The SMILES string of the molecule is CC(C)OC(=O)COC(CCN(C)C[C@@H]1CC[C@H](c2nc3ccccc3[nH]2)CC1F)c1ccc2ccccc2c1. The third-order valence-corrected chi connectivity index (χ3v) is 7.94. The van der Waals surface area contributed by atoms with Crippen LogP contribution in [0.4, 0.5) is 4.39 Å². The first-order valence-corrected chi connectivity index (χ1v) is 14.4. The van der Waals surface area contributed by atoms with Crippen molar-refractivity contribution in [2.45, 2.75) is 63.8 Å². The van der Waals surface area contributed by atoms with Crippen molar-refractivity contribution in [2.75, 3.05) is 26.7 Å². The zero-order valence-corrected chi connectivity index (χ0v) is 23.7. The Bertz CT molecular complexity index is 1390. The van der Waals surface area contributed by atoms with Gasteiger partial charge in [-0.15, -0.1) is 0 Å². The fraction of sp³-hybridized carbons (Fsp3) is 0.455. The molecule has 0 saturated heterocycles. The number of hydrogen-bond acceptors (Lipinski definition) is 5. The number of imidazole rings is 1. The minimum atomic E-state index is -0.868. The van der Waals surface area contributed by atoms with Gasteiger partial charge < -0.3 is 19.4 Å². The number of esters is 1. The molecule has 4 atom stereocenters. The molecule has 4 aromatic rings. The lowest BCUT2D eigenvalue weighted by atomic mass is 9.80. The van der Waals surface area contributed by atoms with Gasteiger partial charge in [0.05, 0.1) is 23.2 Å². The first kappa shape index (κ1) is 28.2. The van der Waals surface area contributed by atoms with Crippen LogP contribution in [0.2, 0.25) is 0 Å². The van der Waals surface area contributed by atoms with Gasteiger partial charge in [0.15, 0.2) is 0 Å². The second kappa shape index (κ2) is 12.9. The van der Waals surface area contributed by atoms with Gasteiger partial charge in [-0.25, -0.2) is 14.2 Å². The molecule has 1 saturated carbocycles. The normalized spacial score (nSPS) is 20.4.